The fraction of sp³-hybridized carbons (Fsp3) is 0.250. The summed E-state index contributed by atoms with van der Waals surface area (Å²) in [6.45, 7) is -0.365. The number of hydrogen-bond acceptors (Lipinski definition) is 4. The molecule has 0 saturated carbocycles. The van der Waals surface area contributed by atoms with E-state index in [4.69, 9.17) is 16.3 Å². The van der Waals surface area contributed by atoms with Crippen molar-refractivity contribution in [2.75, 3.05) is 19.0 Å². The molecule has 0 bridgehead atoms. The minimum atomic E-state index is -0.629. The molecule has 4 amide bonds. The number of anilines is 1. The Kier molecular flexibility index (Phi) is 6.16. The Morgan fingerprint density at radius 1 is 1.21 bits per heavy atom. The van der Waals surface area contributed by atoms with Crippen LogP contribution in [0.25, 0.3) is 0 Å². The molecule has 0 radical (unpaired) electrons. The quantitative estimate of drug-likeness (QED) is 0.698. The second kappa shape index (κ2) is 8.75. The van der Waals surface area contributed by atoms with Gasteiger partial charge in [0.25, 0.3) is 5.91 Å². The lowest BCUT2D eigenvalue weighted by atomic mass is 10.1. The number of carbonyl (C=O) groups excluding carboxylic acids is 3. The standard InChI is InChI=1S/C20H20ClN3O4/c1-28-17-10-8-14(11-15(17)21)22-18(25)12-24-19(26)16(23-20(24)27)9-7-13-5-3-2-4-6-13/h2-6,8,10-11,16H,7,9,12H2,1H3,(H,22,25)(H,23,27). The molecule has 1 saturated heterocycles. The molecule has 1 atom stereocenters. The maximum absolute atomic E-state index is 12.5. The molecule has 28 heavy (non-hydrogen) atoms. The van der Waals surface area contributed by atoms with Crippen LogP contribution >= 0.6 is 11.6 Å². The van der Waals surface area contributed by atoms with Gasteiger partial charge in [0.2, 0.25) is 5.91 Å². The van der Waals surface area contributed by atoms with Crippen molar-refractivity contribution < 1.29 is 19.1 Å². The lowest BCUT2D eigenvalue weighted by molar-refractivity contribution is -0.130. The van der Waals surface area contributed by atoms with Crippen LogP contribution < -0.4 is 15.4 Å². The summed E-state index contributed by atoms with van der Waals surface area (Å²) in [6.07, 6.45) is 1.13. The van der Waals surface area contributed by atoms with Crippen molar-refractivity contribution in [3.8, 4) is 5.75 Å². The van der Waals surface area contributed by atoms with Crippen LogP contribution in [0.15, 0.2) is 48.5 Å². The molecule has 2 aromatic rings. The highest BCUT2D eigenvalue weighted by Gasteiger charge is 2.38. The van der Waals surface area contributed by atoms with E-state index in [0.29, 0.717) is 29.3 Å². The average molecular weight is 402 g/mol. The zero-order valence-electron chi connectivity index (χ0n) is 15.3. The van der Waals surface area contributed by atoms with Crippen LogP contribution in [0.4, 0.5) is 10.5 Å². The van der Waals surface area contributed by atoms with Gasteiger partial charge >= 0.3 is 6.03 Å². The summed E-state index contributed by atoms with van der Waals surface area (Å²) in [5.41, 5.74) is 1.53. The van der Waals surface area contributed by atoms with Gasteiger partial charge in [-0.15, -0.1) is 0 Å². The smallest absolute Gasteiger partial charge is 0.325 e. The monoisotopic (exact) mass is 401 g/mol. The van der Waals surface area contributed by atoms with Crippen LogP contribution in [0, 0.1) is 0 Å². The SMILES string of the molecule is COc1ccc(NC(=O)CN2C(=O)NC(CCc3ccccc3)C2=O)cc1Cl. The Morgan fingerprint density at radius 3 is 2.64 bits per heavy atom. The van der Waals surface area contributed by atoms with E-state index in [1.54, 1.807) is 12.1 Å². The lowest BCUT2D eigenvalue weighted by Crippen LogP contribution is -2.38. The summed E-state index contributed by atoms with van der Waals surface area (Å²) in [7, 11) is 1.49. The van der Waals surface area contributed by atoms with Crippen molar-refractivity contribution in [2.24, 2.45) is 0 Å². The number of nitrogens with zero attached hydrogens (tertiary/aromatic N) is 1. The average Bonchev–Trinajstić information content (AvgIpc) is 2.95. The van der Waals surface area contributed by atoms with Gasteiger partial charge < -0.3 is 15.4 Å². The van der Waals surface area contributed by atoms with Gasteiger partial charge in [0.05, 0.1) is 12.1 Å². The van der Waals surface area contributed by atoms with Gasteiger partial charge in [0.15, 0.2) is 0 Å². The molecule has 1 unspecified atom stereocenters. The number of hydrogen-bond donors (Lipinski definition) is 2. The van der Waals surface area contributed by atoms with Gasteiger partial charge in [0.1, 0.15) is 18.3 Å². The van der Waals surface area contributed by atoms with Crippen molar-refractivity contribution in [2.45, 2.75) is 18.9 Å². The second-order valence-corrected chi connectivity index (χ2v) is 6.76. The molecular formula is C20H20ClN3O4. The van der Waals surface area contributed by atoms with Crippen molar-refractivity contribution in [1.29, 1.82) is 0 Å². The predicted octanol–water partition coefficient (Wildman–Crippen LogP) is 2.84. The highest BCUT2D eigenvalue weighted by molar-refractivity contribution is 6.32. The molecule has 1 heterocycles. The van der Waals surface area contributed by atoms with Crippen molar-refractivity contribution in [1.82, 2.24) is 10.2 Å². The maximum atomic E-state index is 12.5. The van der Waals surface area contributed by atoms with E-state index in [9.17, 15) is 14.4 Å². The number of aryl methyl sites for hydroxylation is 1. The minimum absolute atomic E-state index is 0.344. The molecule has 146 valence electrons. The number of amides is 4. The van der Waals surface area contributed by atoms with Crippen molar-refractivity contribution in [3.05, 3.63) is 59.1 Å². The fourth-order valence-corrected chi connectivity index (χ4v) is 3.22. The van der Waals surface area contributed by atoms with E-state index in [0.717, 1.165) is 10.5 Å². The minimum Gasteiger partial charge on any atom is -0.495 e. The topological polar surface area (TPSA) is 87.7 Å². The zero-order chi connectivity index (χ0) is 20.1. The summed E-state index contributed by atoms with van der Waals surface area (Å²) < 4.78 is 5.06. The van der Waals surface area contributed by atoms with Gasteiger partial charge in [-0.25, -0.2) is 4.79 Å². The first-order valence-corrected chi connectivity index (χ1v) is 9.15. The number of rotatable bonds is 7. The van der Waals surface area contributed by atoms with Crippen molar-refractivity contribution >= 4 is 35.1 Å². The Hall–Kier alpha value is -3.06. The first-order valence-electron chi connectivity index (χ1n) is 8.77. The van der Waals surface area contributed by atoms with Crippen molar-refractivity contribution in [3.63, 3.8) is 0 Å². The molecule has 1 aliphatic heterocycles. The normalized spacial score (nSPS) is 16.1. The Labute approximate surface area is 167 Å². The number of carbonyl (C=O) groups is 3. The number of urea groups is 1. The highest BCUT2D eigenvalue weighted by atomic mass is 35.5. The summed E-state index contributed by atoms with van der Waals surface area (Å²) in [5.74, 6) is -0.410. The summed E-state index contributed by atoms with van der Waals surface area (Å²) in [5, 5.41) is 5.60. The third-order valence-electron chi connectivity index (χ3n) is 4.41. The third-order valence-corrected chi connectivity index (χ3v) is 4.70. The molecule has 7 nitrogen and oxygen atoms in total. The van der Waals surface area contributed by atoms with E-state index in [1.807, 2.05) is 30.3 Å². The molecule has 0 aliphatic carbocycles. The van der Waals surface area contributed by atoms with Gasteiger partial charge in [-0.05, 0) is 36.6 Å². The molecule has 0 spiro atoms. The van der Waals surface area contributed by atoms with Gasteiger partial charge in [-0.3, -0.25) is 14.5 Å². The molecule has 0 aromatic heterocycles. The number of nitrogens with one attached hydrogen (secondary N) is 2. The molecule has 1 fully saturated rings. The molecular weight excluding hydrogens is 382 g/mol. The lowest BCUT2D eigenvalue weighted by Gasteiger charge is -2.13. The largest absolute Gasteiger partial charge is 0.495 e. The fourth-order valence-electron chi connectivity index (χ4n) is 2.97. The van der Waals surface area contributed by atoms with Gasteiger partial charge in [0, 0.05) is 5.69 Å². The van der Waals surface area contributed by atoms with E-state index < -0.39 is 23.9 Å². The first-order chi connectivity index (χ1) is 13.5. The number of benzene rings is 2. The van der Waals surface area contributed by atoms with Crippen LogP contribution in [0.3, 0.4) is 0 Å². The molecule has 8 heteroatoms. The number of imide groups is 1. The highest BCUT2D eigenvalue weighted by Crippen LogP contribution is 2.27. The van der Waals surface area contributed by atoms with Crippen LogP contribution in [-0.2, 0) is 16.0 Å². The van der Waals surface area contributed by atoms with Crippen LogP contribution in [-0.4, -0.2) is 42.4 Å². The van der Waals surface area contributed by atoms with E-state index in [-0.39, 0.29) is 6.54 Å². The first kappa shape index (κ1) is 19.7. The summed E-state index contributed by atoms with van der Waals surface area (Å²) >= 11 is 6.03. The summed E-state index contributed by atoms with van der Waals surface area (Å²) in [4.78, 5) is 37.8. The van der Waals surface area contributed by atoms with E-state index in [1.165, 1.54) is 13.2 Å². The Morgan fingerprint density at radius 2 is 1.96 bits per heavy atom. The number of methoxy groups -OCH3 is 1. The van der Waals surface area contributed by atoms with Gasteiger partial charge in [-0.2, -0.15) is 0 Å². The van der Waals surface area contributed by atoms with Crippen LogP contribution in [0.2, 0.25) is 5.02 Å². The maximum Gasteiger partial charge on any atom is 0.325 e. The number of ether oxygens (including phenoxy) is 1. The predicted molar refractivity (Wildman–Crippen MR) is 105 cm³/mol. The Balaban J connectivity index is 1.56. The molecule has 3 rings (SSSR count). The second-order valence-electron chi connectivity index (χ2n) is 6.35. The van der Waals surface area contributed by atoms with E-state index in [2.05, 4.69) is 10.6 Å². The van der Waals surface area contributed by atoms with Gasteiger partial charge in [-0.1, -0.05) is 41.9 Å². The zero-order valence-corrected chi connectivity index (χ0v) is 16.0. The molecule has 2 N–H and O–H groups in total. The number of halogens is 1. The third kappa shape index (κ3) is 4.61. The molecule has 1 aliphatic rings. The van der Waals surface area contributed by atoms with E-state index >= 15 is 0 Å². The Bertz CT molecular complexity index is 888. The van der Waals surface area contributed by atoms with Crippen LogP contribution in [0.1, 0.15) is 12.0 Å². The van der Waals surface area contributed by atoms with Crippen LogP contribution in [0.5, 0.6) is 5.75 Å². The molecule has 2 aromatic carbocycles. The summed E-state index contributed by atoms with van der Waals surface area (Å²) in [6, 6.07) is 13.3.